The number of esters is 1. The molecule has 2 fully saturated rings. The minimum atomic E-state index is -1.79. The zero-order chi connectivity index (χ0) is 36.4. The van der Waals surface area contributed by atoms with Crippen molar-refractivity contribution >= 4 is 48.0 Å². The lowest BCUT2D eigenvalue weighted by atomic mass is 9.82. The number of methoxy groups -OCH3 is 2. The molecular weight excluding hydrogens is 676 g/mol. The second-order valence-corrected chi connectivity index (χ2v) is 14.1. The number of aliphatic hydroxyl groups is 1. The van der Waals surface area contributed by atoms with Gasteiger partial charge in [0.1, 0.15) is 24.0 Å². The fraction of sp³-hybridized carbons (Fsp3) is 0.600. The molecule has 49 heavy (non-hydrogen) atoms. The highest BCUT2D eigenvalue weighted by molar-refractivity contribution is 7.81. The average molecular weight is 723 g/mol. The van der Waals surface area contributed by atoms with E-state index >= 15 is 0 Å². The number of allylic oxidation sites excluding steroid dienone is 3. The SMILES string of the molecule is COc1cc2cc(c1Cl)C(C)C(=O)[C@H](OC(=O)[C@H](C)N(C)C(=O)CS)C[C@]1(C)O[C@H]1[C@H](C)[C@@H]1C[C@@](O)(NC(=O)O1)[C@H](OC)/C=C/C=C(\C)C2. The topological polar surface area (TPSA) is 153 Å². The Morgan fingerprint density at radius 2 is 1.92 bits per heavy atom. The van der Waals surface area contributed by atoms with E-state index in [0.717, 1.165) is 11.1 Å². The van der Waals surface area contributed by atoms with Crippen LogP contribution >= 0.6 is 24.2 Å². The van der Waals surface area contributed by atoms with Crippen molar-refractivity contribution < 1.29 is 48.0 Å². The number of ether oxygens (including phenoxy) is 5. The van der Waals surface area contributed by atoms with Crippen LogP contribution in [0.2, 0.25) is 5.02 Å². The third-order valence-corrected chi connectivity index (χ3v) is 10.5. The van der Waals surface area contributed by atoms with Crippen molar-refractivity contribution in [2.75, 3.05) is 27.0 Å². The van der Waals surface area contributed by atoms with E-state index in [1.54, 1.807) is 32.1 Å². The number of likely N-dealkylation sites (N-methyl/N-ethyl adjacent to an activating group) is 1. The van der Waals surface area contributed by atoms with Crippen LogP contribution in [0.5, 0.6) is 5.75 Å². The minimum absolute atomic E-state index is 0.0110. The molecule has 4 rings (SSSR count). The molecule has 0 saturated carbocycles. The Bertz CT molecular complexity index is 1520. The number of nitrogens with zero attached hydrogens (tertiary/aromatic N) is 1. The van der Waals surface area contributed by atoms with Crippen molar-refractivity contribution in [2.45, 2.75) is 102 Å². The Labute approximate surface area is 297 Å². The van der Waals surface area contributed by atoms with Gasteiger partial charge in [0.25, 0.3) is 0 Å². The van der Waals surface area contributed by atoms with Crippen LogP contribution in [0.4, 0.5) is 4.79 Å². The van der Waals surface area contributed by atoms with Gasteiger partial charge in [0.2, 0.25) is 5.91 Å². The highest BCUT2D eigenvalue weighted by Gasteiger charge is 2.60. The highest BCUT2D eigenvalue weighted by Crippen LogP contribution is 2.48. The first kappa shape index (κ1) is 38.7. The Morgan fingerprint density at radius 3 is 2.55 bits per heavy atom. The largest absolute Gasteiger partial charge is 0.495 e. The van der Waals surface area contributed by atoms with Crippen LogP contribution in [-0.2, 0) is 39.8 Å². The molecule has 0 radical (unpaired) electrons. The quantitative estimate of drug-likeness (QED) is 0.222. The monoisotopic (exact) mass is 722 g/mol. The molecule has 1 unspecified atom stereocenters. The first-order valence-corrected chi connectivity index (χ1v) is 17.2. The van der Waals surface area contributed by atoms with E-state index in [1.807, 2.05) is 26.0 Å². The van der Waals surface area contributed by atoms with Crippen LogP contribution in [-0.4, -0.2) is 103 Å². The summed E-state index contributed by atoms with van der Waals surface area (Å²) in [5.41, 5.74) is -0.515. The van der Waals surface area contributed by atoms with E-state index in [-0.39, 0.29) is 29.5 Å². The van der Waals surface area contributed by atoms with E-state index < -0.39 is 71.5 Å². The highest BCUT2D eigenvalue weighted by atomic mass is 35.5. The number of rotatable bonds is 6. The molecule has 0 aromatic heterocycles. The summed E-state index contributed by atoms with van der Waals surface area (Å²) >= 11 is 10.8. The van der Waals surface area contributed by atoms with Crippen LogP contribution in [0.3, 0.4) is 0 Å². The van der Waals surface area contributed by atoms with E-state index in [0.29, 0.717) is 17.7 Å². The van der Waals surface area contributed by atoms with Crippen LogP contribution in [0.25, 0.3) is 0 Å². The van der Waals surface area contributed by atoms with Crippen molar-refractivity contribution in [1.82, 2.24) is 10.2 Å². The summed E-state index contributed by atoms with van der Waals surface area (Å²) in [5.74, 6) is -2.59. The molecule has 2 amide bonds. The Hall–Kier alpha value is -3.10. The normalized spacial score (nSPS) is 34.2. The zero-order valence-corrected chi connectivity index (χ0v) is 30.8. The zero-order valence-electron chi connectivity index (χ0n) is 29.2. The van der Waals surface area contributed by atoms with E-state index in [4.69, 9.17) is 35.3 Å². The van der Waals surface area contributed by atoms with Gasteiger partial charge in [0, 0.05) is 38.8 Å². The molecular formula is C35H47ClN2O10S. The number of fused-ring (bicyclic) bond motifs is 5. The van der Waals surface area contributed by atoms with E-state index in [2.05, 4.69) is 17.9 Å². The fourth-order valence-corrected chi connectivity index (χ4v) is 7.18. The van der Waals surface area contributed by atoms with Gasteiger partial charge in [-0.1, -0.05) is 55.3 Å². The lowest BCUT2D eigenvalue weighted by molar-refractivity contribution is -0.162. The number of benzene rings is 1. The number of ketones is 1. The number of epoxide rings is 1. The summed E-state index contributed by atoms with van der Waals surface area (Å²) in [5, 5.41) is 14.4. The van der Waals surface area contributed by atoms with Crippen LogP contribution in [0, 0.1) is 5.92 Å². The molecule has 2 N–H and O–H groups in total. The van der Waals surface area contributed by atoms with Gasteiger partial charge in [0.15, 0.2) is 17.6 Å². The molecule has 1 aromatic carbocycles. The number of alkyl carbamates (subject to hydrolysis) is 1. The number of thiol groups is 1. The summed E-state index contributed by atoms with van der Waals surface area (Å²) in [6.45, 7) is 8.74. The Kier molecular flexibility index (Phi) is 12.2. The van der Waals surface area contributed by atoms with Crippen molar-refractivity contribution in [3.8, 4) is 5.75 Å². The number of halogens is 1. The van der Waals surface area contributed by atoms with Crippen LogP contribution < -0.4 is 10.1 Å². The number of Topliss-reactive ketones (excluding diaryl/α,β-unsaturated/α-hetero) is 1. The first-order valence-electron chi connectivity index (χ1n) is 16.2. The molecule has 1 aliphatic carbocycles. The van der Waals surface area contributed by atoms with Crippen molar-refractivity contribution in [3.63, 3.8) is 0 Å². The molecule has 1 aromatic rings. The molecule has 14 heteroatoms. The number of carbonyl (C=O) groups is 4. The van der Waals surface area contributed by atoms with Gasteiger partial charge in [-0.25, -0.2) is 9.59 Å². The average Bonchev–Trinajstić information content (AvgIpc) is 3.73. The summed E-state index contributed by atoms with van der Waals surface area (Å²) in [4.78, 5) is 54.0. The molecule has 270 valence electrons. The summed E-state index contributed by atoms with van der Waals surface area (Å²) in [7, 11) is 4.39. The van der Waals surface area contributed by atoms with Crippen molar-refractivity contribution in [1.29, 1.82) is 0 Å². The number of amides is 2. The van der Waals surface area contributed by atoms with Gasteiger partial charge in [0.05, 0.1) is 29.6 Å². The van der Waals surface area contributed by atoms with Gasteiger partial charge in [-0.3, -0.25) is 14.9 Å². The van der Waals surface area contributed by atoms with Crippen LogP contribution in [0.15, 0.2) is 35.9 Å². The molecule has 0 spiro atoms. The molecule has 2 aliphatic heterocycles. The van der Waals surface area contributed by atoms with Gasteiger partial charge in [-0.05, 0) is 44.4 Å². The maximum absolute atomic E-state index is 14.4. The third kappa shape index (κ3) is 8.45. The summed E-state index contributed by atoms with van der Waals surface area (Å²) < 4.78 is 28.9. The predicted octanol–water partition coefficient (Wildman–Crippen LogP) is 4.15. The van der Waals surface area contributed by atoms with E-state index in [9.17, 15) is 24.3 Å². The third-order valence-electron chi connectivity index (χ3n) is 9.83. The van der Waals surface area contributed by atoms with Gasteiger partial charge < -0.3 is 33.7 Å². The molecule has 2 heterocycles. The van der Waals surface area contributed by atoms with Crippen molar-refractivity contribution in [3.05, 3.63) is 52.1 Å². The Balaban J connectivity index is 1.79. The van der Waals surface area contributed by atoms with Gasteiger partial charge >= 0.3 is 12.1 Å². The fourth-order valence-electron chi connectivity index (χ4n) is 6.61. The maximum Gasteiger partial charge on any atom is 0.409 e. The second kappa shape index (κ2) is 15.4. The minimum Gasteiger partial charge on any atom is -0.495 e. The Morgan fingerprint density at radius 1 is 1.22 bits per heavy atom. The molecule has 4 bridgehead atoms. The predicted molar refractivity (Wildman–Crippen MR) is 185 cm³/mol. The lowest BCUT2D eigenvalue weighted by Crippen LogP contribution is -2.63. The van der Waals surface area contributed by atoms with E-state index in [1.165, 1.54) is 33.1 Å². The number of hydrogen-bond donors (Lipinski definition) is 3. The van der Waals surface area contributed by atoms with Crippen LogP contribution in [0.1, 0.15) is 64.5 Å². The lowest BCUT2D eigenvalue weighted by Gasteiger charge is -2.42. The molecule has 12 nitrogen and oxygen atoms in total. The molecule has 9 atom stereocenters. The summed E-state index contributed by atoms with van der Waals surface area (Å²) in [6, 6.07) is 2.63. The maximum atomic E-state index is 14.4. The molecule has 2 saturated heterocycles. The summed E-state index contributed by atoms with van der Waals surface area (Å²) in [6.07, 6.45) is 1.37. The second-order valence-electron chi connectivity index (χ2n) is 13.4. The molecule has 3 aliphatic rings. The first-order chi connectivity index (χ1) is 23.0. The van der Waals surface area contributed by atoms with Gasteiger partial charge in [-0.15, -0.1) is 0 Å². The number of carbonyl (C=O) groups excluding carboxylic acids is 4. The van der Waals surface area contributed by atoms with Crippen molar-refractivity contribution in [2.24, 2.45) is 5.92 Å². The number of hydrogen-bond acceptors (Lipinski definition) is 11. The van der Waals surface area contributed by atoms with Gasteiger partial charge in [-0.2, -0.15) is 12.6 Å². The number of nitrogens with one attached hydrogen (secondary N) is 1. The smallest absolute Gasteiger partial charge is 0.409 e. The standard InChI is InChI=1S/C35H47ClN2O10S/c1-18-10-9-11-27(45-8)35(43)16-25(47-33(42)37-35)20(3)31-34(5,48-31)15-26(46-32(41)21(4)38(6)28(39)17-49)30(40)19(2)23-13-22(12-18)14-24(44-7)29(23)36/h9-11,13-14,19-21,25-27,31,43,49H,12,15-17H2,1-8H3,(H,37,42)/b11-9+,18-10+/t19?,20-,21+,25+,26-,27-,31+,34+,35+/m1/s1.